The molecule has 1 heterocycles. The predicted octanol–water partition coefficient (Wildman–Crippen LogP) is 3.15. The van der Waals surface area contributed by atoms with Crippen molar-refractivity contribution >= 4 is 24.1 Å². The molecule has 0 bridgehead atoms. The molecule has 0 amide bonds. The first-order valence-electron chi connectivity index (χ1n) is 6.44. The lowest BCUT2D eigenvalue weighted by Crippen LogP contribution is -2.12. The Balaban J connectivity index is 2.40. The highest BCUT2D eigenvalue weighted by molar-refractivity contribution is 7.71. The Morgan fingerprint density at radius 1 is 1.54 bits per heavy atom. The molecule has 0 aliphatic carbocycles. The lowest BCUT2D eigenvalue weighted by Gasteiger charge is -2.05. The summed E-state index contributed by atoms with van der Waals surface area (Å²) in [6.45, 7) is 1.89. The van der Waals surface area contributed by atoms with Crippen LogP contribution in [0, 0.1) is 14.9 Å². The van der Waals surface area contributed by atoms with Crippen LogP contribution in [-0.4, -0.2) is 32.6 Å². The van der Waals surface area contributed by atoms with Crippen LogP contribution >= 0.6 is 12.2 Å². The molecule has 8 nitrogen and oxygen atoms in total. The van der Waals surface area contributed by atoms with Gasteiger partial charge in [-0.3, -0.25) is 10.1 Å². The molecule has 0 fully saturated rings. The zero-order valence-electron chi connectivity index (χ0n) is 12.1. The number of nitrogens with zero attached hydrogens (tertiary/aromatic N) is 4. The lowest BCUT2D eigenvalue weighted by atomic mass is 10.2. The van der Waals surface area contributed by atoms with E-state index in [2.05, 4.69) is 22.4 Å². The third-order valence-corrected chi connectivity index (χ3v) is 2.97. The highest BCUT2D eigenvalue weighted by Gasteiger charge is 2.37. The maximum atomic E-state index is 12.8. The van der Waals surface area contributed by atoms with Gasteiger partial charge in [0.25, 0.3) is 5.82 Å². The van der Waals surface area contributed by atoms with Crippen molar-refractivity contribution in [2.45, 2.75) is 13.1 Å². The molecule has 1 aromatic carbocycles. The third kappa shape index (κ3) is 3.76. The van der Waals surface area contributed by atoms with Crippen LogP contribution in [0.1, 0.15) is 18.3 Å². The van der Waals surface area contributed by atoms with Crippen LogP contribution in [0.4, 0.5) is 18.9 Å². The van der Waals surface area contributed by atoms with Crippen molar-refractivity contribution in [3.8, 4) is 5.75 Å². The molecule has 0 radical (unpaired) electrons. The summed E-state index contributed by atoms with van der Waals surface area (Å²) >= 11 is 4.68. The van der Waals surface area contributed by atoms with Gasteiger partial charge >= 0.3 is 11.9 Å². The summed E-state index contributed by atoms with van der Waals surface area (Å²) in [4.78, 5) is 10.4. The van der Waals surface area contributed by atoms with Crippen molar-refractivity contribution in [1.82, 2.24) is 14.9 Å². The van der Waals surface area contributed by atoms with Gasteiger partial charge in [0.15, 0.2) is 5.75 Å². The summed E-state index contributed by atoms with van der Waals surface area (Å²) in [5.41, 5.74) is -0.131. The molecule has 1 aromatic heterocycles. The van der Waals surface area contributed by atoms with Gasteiger partial charge in [-0.05, 0) is 31.3 Å². The number of hydrogen-bond donors (Lipinski definition) is 1. The van der Waals surface area contributed by atoms with E-state index in [1.165, 1.54) is 12.1 Å². The maximum Gasteiger partial charge on any atom is 0.453 e. The predicted molar refractivity (Wildman–Crippen MR) is 79.7 cm³/mol. The highest BCUT2D eigenvalue weighted by Crippen LogP contribution is 2.28. The van der Waals surface area contributed by atoms with Gasteiger partial charge in [0.1, 0.15) is 0 Å². The molecular formula is C12H10F3N5O3S. The summed E-state index contributed by atoms with van der Waals surface area (Å²) in [5.74, 6) is -1.28. The van der Waals surface area contributed by atoms with Gasteiger partial charge in [-0.2, -0.15) is 22.9 Å². The highest BCUT2D eigenvalue weighted by atomic mass is 32.1. The van der Waals surface area contributed by atoms with Crippen LogP contribution in [0.15, 0.2) is 23.3 Å². The van der Waals surface area contributed by atoms with E-state index < -0.39 is 16.9 Å². The first-order valence-corrected chi connectivity index (χ1v) is 6.85. The number of aromatic amines is 1. The Kier molecular flexibility index (Phi) is 4.97. The third-order valence-electron chi connectivity index (χ3n) is 2.71. The molecular weight excluding hydrogens is 351 g/mol. The van der Waals surface area contributed by atoms with E-state index in [-0.39, 0.29) is 28.4 Å². The van der Waals surface area contributed by atoms with Gasteiger partial charge in [-0.15, -0.1) is 5.10 Å². The number of nitrogens with one attached hydrogen (secondary N) is 1. The first kappa shape index (κ1) is 17.6. The normalized spacial score (nSPS) is 11.8. The van der Waals surface area contributed by atoms with Gasteiger partial charge < -0.3 is 4.74 Å². The Morgan fingerprint density at radius 3 is 2.83 bits per heavy atom. The molecule has 0 aliphatic rings. The first-order chi connectivity index (χ1) is 11.2. The number of rotatable bonds is 5. The molecule has 2 rings (SSSR count). The minimum Gasteiger partial charge on any atom is -0.487 e. The largest absolute Gasteiger partial charge is 0.487 e. The van der Waals surface area contributed by atoms with Crippen molar-refractivity contribution in [3.63, 3.8) is 0 Å². The van der Waals surface area contributed by atoms with Crippen molar-refractivity contribution in [3.05, 3.63) is 44.5 Å². The van der Waals surface area contributed by atoms with Gasteiger partial charge in [-0.25, -0.2) is 5.10 Å². The zero-order valence-corrected chi connectivity index (χ0v) is 12.9. The molecule has 0 saturated carbocycles. The molecule has 0 saturated heterocycles. The van der Waals surface area contributed by atoms with Gasteiger partial charge in [0, 0.05) is 11.6 Å². The van der Waals surface area contributed by atoms with Crippen LogP contribution in [0.25, 0.3) is 0 Å². The number of alkyl halides is 3. The van der Waals surface area contributed by atoms with Crippen LogP contribution < -0.4 is 4.74 Å². The summed E-state index contributed by atoms with van der Waals surface area (Å²) in [7, 11) is 0. The molecule has 128 valence electrons. The van der Waals surface area contributed by atoms with E-state index in [1.807, 2.05) is 5.10 Å². The number of halogens is 3. The molecule has 2 aromatic rings. The van der Waals surface area contributed by atoms with Crippen molar-refractivity contribution in [2.75, 3.05) is 6.61 Å². The smallest absolute Gasteiger partial charge is 0.453 e. The quantitative estimate of drug-likeness (QED) is 0.382. The molecule has 0 spiro atoms. The Labute approximate surface area is 137 Å². The van der Waals surface area contributed by atoms with E-state index in [9.17, 15) is 23.3 Å². The Bertz CT molecular complexity index is 843. The minimum absolute atomic E-state index is 0.0514. The molecule has 1 N–H and O–H groups in total. The monoisotopic (exact) mass is 361 g/mol. The van der Waals surface area contributed by atoms with Crippen LogP contribution in [0.2, 0.25) is 0 Å². The SMILES string of the molecule is CCOc1ccc(/C=N\n2c(C(F)(F)F)n[nH]c2=S)cc1[N+](=O)[O-]. The fourth-order valence-electron chi connectivity index (χ4n) is 1.74. The van der Waals surface area contributed by atoms with Crippen molar-refractivity contribution < 1.29 is 22.8 Å². The molecule has 0 unspecified atom stereocenters. The molecule has 0 atom stereocenters. The summed E-state index contributed by atoms with van der Waals surface area (Å²) in [6.07, 6.45) is -3.75. The second-order valence-corrected chi connectivity index (χ2v) is 4.71. The second-order valence-electron chi connectivity index (χ2n) is 4.32. The van der Waals surface area contributed by atoms with E-state index >= 15 is 0 Å². The minimum atomic E-state index is -4.75. The van der Waals surface area contributed by atoms with Crippen molar-refractivity contribution in [1.29, 1.82) is 0 Å². The zero-order chi connectivity index (χ0) is 17.9. The van der Waals surface area contributed by atoms with E-state index in [1.54, 1.807) is 6.92 Å². The molecule has 0 aliphatic heterocycles. The maximum absolute atomic E-state index is 12.8. The van der Waals surface area contributed by atoms with Crippen LogP contribution in [0.5, 0.6) is 5.75 Å². The van der Waals surface area contributed by atoms with Crippen LogP contribution in [-0.2, 0) is 6.18 Å². The lowest BCUT2D eigenvalue weighted by molar-refractivity contribution is -0.385. The average molecular weight is 361 g/mol. The number of benzene rings is 1. The number of hydrogen-bond acceptors (Lipinski definition) is 6. The Hall–Kier alpha value is -2.76. The number of aromatic nitrogens is 3. The van der Waals surface area contributed by atoms with E-state index in [4.69, 9.17) is 4.74 Å². The van der Waals surface area contributed by atoms with E-state index in [0.29, 0.717) is 4.68 Å². The Morgan fingerprint density at radius 2 is 2.25 bits per heavy atom. The van der Waals surface area contributed by atoms with Crippen molar-refractivity contribution in [2.24, 2.45) is 5.10 Å². The number of H-pyrrole nitrogens is 1. The second kappa shape index (κ2) is 6.78. The number of nitro benzene ring substituents is 1. The van der Waals surface area contributed by atoms with Crippen LogP contribution in [0.3, 0.4) is 0 Å². The van der Waals surface area contributed by atoms with Gasteiger partial charge in [-0.1, -0.05) is 0 Å². The molecule has 24 heavy (non-hydrogen) atoms. The van der Waals surface area contributed by atoms with Gasteiger partial charge in [0.05, 0.1) is 17.7 Å². The number of nitro groups is 1. The number of ether oxygens (including phenoxy) is 1. The molecule has 12 heteroatoms. The fraction of sp³-hybridized carbons (Fsp3) is 0.250. The fourth-order valence-corrected chi connectivity index (χ4v) is 1.92. The van der Waals surface area contributed by atoms with E-state index in [0.717, 1.165) is 12.3 Å². The average Bonchev–Trinajstić information content (AvgIpc) is 2.87. The van der Waals surface area contributed by atoms with Gasteiger partial charge in [0.2, 0.25) is 4.77 Å². The summed E-state index contributed by atoms with van der Waals surface area (Å²) in [6, 6.07) is 3.88. The summed E-state index contributed by atoms with van der Waals surface area (Å²) < 4.78 is 43.4. The standard InChI is InChI=1S/C12H10F3N5O3S/c1-2-23-9-4-3-7(5-8(9)20(21)22)6-16-19-10(12(13,14)15)17-18-11(19)24/h3-6H,2H2,1H3,(H,18,24)/b16-6-. The summed E-state index contributed by atoms with van der Waals surface area (Å²) in [5, 5.41) is 19.7. The topological polar surface area (TPSA) is 98.3 Å².